The molecular formula is C17H22BrN3O5S. The van der Waals surface area contributed by atoms with Crippen LogP contribution >= 0.6 is 15.9 Å². The number of carboxylic acid groups (broad SMARTS) is 1. The maximum atomic E-state index is 12.1. The number of hydrogen-bond acceptors (Lipinski definition) is 5. The molecule has 10 heteroatoms. The Bertz CT molecular complexity index is 833. The van der Waals surface area contributed by atoms with Gasteiger partial charge in [-0.1, -0.05) is 41.6 Å². The molecule has 0 atom stereocenters. The van der Waals surface area contributed by atoms with Crippen molar-refractivity contribution in [1.29, 1.82) is 0 Å². The Kier molecular flexibility index (Phi) is 9.19. The van der Waals surface area contributed by atoms with Crippen molar-refractivity contribution in [3.05, 3.63) is 52.5 Å². The molecule has 148 valence electrons. The van der Waals surface area contributed by atoms with Crippen molar-refractivity contribution in [3.63, 3.8) is 0 Å². The number of halogens is 1. The van der Waals surface area contributed by atoms with Gasteiger partial charge in [-0.05, 0) is 31.0 Å². The fourth-order valence-electron chi connectivity index (χ4n) is 1.95. The third kappa shape index (κ3) is 7.94. The van der Waals surface area contributed by atoms with Gasteiger partial charge in [0.25, 0.3) is 10.2 Å². The van der Waals surface area contributed by atoms with E-state index in [-0.39, 0.29) is 23.7 Å². The Morgan fingerprint density at radius 1 is 1.37 bits per heavy atom. The molecule has 0 bridgehead atoms. The maximum absolute atomic E-state index is 12.1. The molecule has 0 unspecified atom stereocenters. The summed E-state index contributed by atoms with van der Waals surface area (Å²) in [6.07, 6.45) is 2.03. The molecule has 27 heavy (non-hydrogen) atoms. The molecular weight excluding hydrogens is 438 g/mol. The van der Waals surface area contributed by atoms with E-state index in [0.717, 1.165) is 4.47 Å². The average molecular weight is 460 g/mol. The monoisotopic (exact) mass is 459 g/mol. The number of carboxylic acids is 1. The summed E-state index contributed by atoms with van der Waals surface area (Å²) in [4.78, 5) is 14.9. The van der Waals surface area contributed by atoms with Crippen molar-refractivity contribution in [2.24, 2.45) is 4.99 Å². The lowest BCUT2D eigenvalue weighted by molar-refractivity contribution is -0.140. The molecule has 0 aliphatic heterocycles. The Labute approximate surface area is 167 Å². The standard InChI is InChI=1S/C17H22BrN3O5S/c1-4-10-20-27(24,25)21-12(3)16(13-6-8-14(18)9-7-13)17(19-5-2)26-11-15(22)23/h5-9,20-21H,3-4,10-11H2,1-2H3,(H,22,23)/b17-16-,19-5-. The Hall–Kier alpha value is -2.17. The first-order chi connectivity index (χ1) is 12.7. The van der Waals surface area contributed by atoms with Crippen LogP contribution in [0.5, 0.6) is 0 Å². The van der Waals surface area contributed by atoms with Crippen LogP contribution in [0.3, 0.4) is 0 Å². The SMILES string of the molecule is C=C(NS(=O)(=O)NCCC)/C(=C(\N=C/C)OCC(=O)O)c1ccc(Br)cc1. The van der Waals surface area contributed by atoms with E-state index in [1.54, 1.807) is 31.2 Å². The summed E-state index contributed by atoms with van der Waals surface area (Å²) in [6.45, 7) is 6.85. The van der Waals surface area contributed by atoms with E-state index in [1.165, 1.54) is 6.21 Å². The van der Waals surface area contributed by atoms with Crippen LogP contribution in [0.1, 0.15) is 25.8 Å². The molecule has 0 saturated carbocycles. The fraction of sp³-hybridized carbons (Fsp3) is 0.294. The maximum Gasteiger partial charge on any atom is 0.341 e. The number of nitrogens with zero attached hydrogens (tertiary/aromatic N) is 1. The third-order valence-electron chi connectivity index (χ3n) is 3.03. The summed E-state index contributed by atoms with van der Waals surface area (Å²) in [7, 11) is -3.85. The number of allylic oxidation sites excluding steroid dienone is 1. The number of benzene rings is 1. The lowest BCUT2D eigenvalue weighted by Gasteiger charge is -2.17. The zero-order valence-corrected chi connectivity index (χ0v) is 17.4. The second kappa shape index (κ2) is 10.9. The average Bonchev–Trinajstić information content (AvgIpc) is 2.59. The minimum absolute atomic E-state index is 0.00749. The highest BCUT2D eigenvalue weighted by atomic mass is 79.9. The highest BCUT2D eigenvalue weighted by Gasteiger charge is 2.19. The van der Waals surface area contributed by atoms with Crippen LogP contribution in [-0.4, -0.2) is 38.9 Å². The first-order valence-corrected chi connectivity index (χ1v) is 10.3. The molecule has 0 aliphatic carbocycles. The number of aliphatic imine (C=N–C) groups is 1. The summed E-state index contributed by atoms with van der Waals surface area (Å²) in [6, 6.07) is 6.90. The van der Waals surface area contributed by atoms with Crippen molar-refractivity contribution >= 4 is 43.9 Å². The van der Waals surface area contributed by atoms with Gasteiger partial charge in [-0.2, -0.15) is 13.1 Å². The normalized spacial score (nSPS) is 12.6. The van der Waals surface area contributed by atoms with Gasteiger partial charge in [0, 0.05) is 17.2 Å². The van der Waals surface area contributed by atoms with Crippen LogP contribution in [0.25, 0.3) is 5.57 Å². The molecule has 3 N–H and O–H groups in total. The molecule has 1 aromatic carbocycles. The number of ether oxygens (including phenoxy) is 1. The molecule has 0 heterocycles. The van der Waals surface area contributed by atoms with Gasteiger partial charge < -0.3 is 9.84 Å². The van der Waals surface area contributed by atoms with Gasteiger partial charge in [-0.3, -0.25) is 4.72 Å². The number of rotatable bonds is 11. The highest BCUT2D eigenvalue weighted by molar-refractivity contribution is 9.10. The molecule has 0 amide bonds. The Morgan fingerprint density at radius 3 is 2.52 bits per heavy atom. The first kappa shape index (κ1) is 22.9. The first-order valence-electron chi connectivity index (χ1n) is 8.00. The van der Waals surface area contributed by atoms with E-state index in [4.69, 9.17) is 9.84 Å². The fourth-order valence-corrected chi connectivity index (χ4v) is 3.19. The van der Waals surface area contributed by atoms with Gasteiger partial charge in [-0.15, -0.1) is 0 Å². The summed E-state index contributed by atoms with van der Waals surface area (Å²) in [5.74, 6) is -1.25. The number of carbonyl (C=O) groups is 1. The van der Waals surface area contributed by atoms with E-state index in [9.17, 15) is 13.2 Å². The van der Waals surface area contributed by atoms with Crippen molar-refractivity contribution in [2.45, 2.75) is 20.3 Å². The molecule has 8 nitrogen and oxygen atoms in total. The Morgan fingerprint density at radius 2 is 2.00 bits per heavy atom. The van der Waals surface area contributed by atoms with Gasteiger partial charge in [0.1, 0.15) is 0 Å². The van der Waals surface area contributed by atoms with Gasteiger partial charge in [0.05, 0.1) is 11.3 Å². The van der Waals surface area contributed by atoms with Crippen molar-refractivity contribution in [3.8, 4) is 0 Å². The summed E-state index contributed by atoms with van der Waals surface area (Å²) in [5, 5.41) is 8.89. The lowest BCUT2D eigenvalue weighted by atomic mass is 10.0. The van der Waals surface area contributed by atoms with Gasteiger partial charge in [0.2, 0.25) is 5.88 Å². The van der Waals surface area contributed by atoms with Crippen molar-refractivity contribution in [1.82, 2.24) is 9.44 Å². The van der Waals surface area contributed by atoms with Crippen LogP contribution in [0, 0.1) is 0 Å². The smallest absolute Gasteiger partial charge is 0.341 e. The number of aliphatic carboxylic acids is 1. The molecule has 0 saturated heterocycles. The highest BCUT2D eigenvalue weighted by Crippen LogP contribution is 2.27. The topological polar surface area (TPSA) is 117 Å². The molecule has 0 radical (unpaired) electrons. The lowest BCUT2D eigenvalue weighted by Crippen LogP contribution is -2.36. The summed E-state index contributed by atoms with van der Waals surface area (Å²) >= 11 is 3.33. The van der Waals surface area contributed by atoms with E-state index in [1.807, 2.05) is 6.92 Å². The van der Waals surface area contributed by atoms with Gasteiger partial charge in [0.15, 0.2) is 6.61 Å². The van der Waals surface area contributed by atoms with E-state index < -0.39 is 22.8 Å². The van der Waals surface area contributed by atoms with Crippen molar-refractivity contribution < 1.29 is 23.1 Å². The zero-order chi connectivity index (χ0) is 20.4. The quantitative estimate of drug-likeness (QED) is 0.267. The Balaban J connectivity index is 3.38. The van der Waals surface area contributed by atoms with Crippen molar-refractivity contribution in [2.75, 3.05) is 13.2 Å². The molecule has 0 aliphatic rings. The predicted octanol–water partition coefficient (Wildman–Crippen LogP) is 2.66. The number of hydrogen-bond donors (Lipinski definition) is 3. The number of nitrogens with one attached hydrogen (secondary N) is 2. The molecule has 1 aromatic rings. The molecule has 1 rings (SSSR count). The second-order valence-electron chi connectivity index (χ2n) is 5.24. The minimum Gasteiger partial charge on any atom is -0.479 e. The largest absolute Gasteiger partial charge is 0.479 e. The van der Waals surface area contributed by atoms with Gasteiger partial charge in [-0.25, -0.2) is 9.79 Å². The van der Waals surface area contributed by atoms with Crippen LogP contribution in [0.2, 0.25) is 0 Å². The van der Waals surface area contributed by atoms with Crippen LogP contribution < -0.4 is 9.44 Å². The summed E-state index contributed by atoms with van der Waals surface area (Å²) < 4.78 is 35.1. The van der Waals surface area contributed by atoms with Crippen LogP contribution in [0.4, 0.5) is 0 Å². The second-order valence-corrected chi connectivity index (χ2v) is 7.65. The van der Waals surface area contributed by atoms with E-state index in [2.05, 4.69) is 36.9 Å². The van der Waals surface area contributed by atoms with Crippen LogP contribution in [0.15, 0.2) is 51.9 Å². The van der Waals surface area contributed by atoms with E-state index in [0.29, 0.717) is 12.0 Å². The molecule has 0 aromatic heterocycles. The minimum atomic E-state index is -3.85. The third-order valence-corrected chi connectivity index (χ3v) is 4.65. The van der Waals surface area contributed by atoms with E-state index >= 15 is 0 Å². The predicted molar refractivity (Wildman–Crippen MR) is 108 cm³/mol. The van der Waals surface area contributed by atoms with Crippen LogP contribution in [-0.2, 0) is 19.7 Å². The molecule has 0 spiro atoms. The molecule has 0 fully saturated rings. The summed E-state index contributed by atoms with van der Waals surface area (Å²) in [5.41, 5.74) is 0.767. The zero-order valence-electron chi connectivity index (χ0n) is 15.0. The van der Waals surface area contributed by atoms with Gasteiger partial charge >= 0.3 is 5.97 Å².